The molecule has 18 heavy (non-hydrogen) atoms. The predicted molar refractivity (Wildman–Crippen MR) is 69.0 cm³/mol. The van der Waals surface area contributed by atoms with Gasteiger partial charge < -0.3 is 5.11 Å². The van der Waals surface area contributed by atoms with Crippen LogP contribution in [0, 0.1) is 6.92 Å². The number of nitrogens with one attached hydrogen (secondary N) is 1. The van der Waals surface area contributed by atoms with Gasteiger partial charge in [-0.05, 0) is 36.3 Å². The number of hydrazine groups is 1. The van der Waals surface area contributed by atoms with Crippen molar-refractivity contribution in [1.29, 1.82) is 0 Å². The molecule has 0 saturated carbocycles. The second-order valence-electron chi connectivity index (χ2n) is 4.08. The van der Waals surface area contributed by atoms with E-state index in [-0.39, 0.29) is 5.91 Å². The minimum atomic E-state index is -1.02. The van der Waals surface area contributed by atoms with Gasteiger partial charge in [0.15, 0.2) is 0 Å². The van der Waals surface area contributed by atoms with E-state index in [4.69, 9.17) is 5.11 Å². The number of nitrogens with zero attached hydrogens (tertiary/aromatic N) is 1. The van der Waals surface area contributed by atoms with Gasteiger partial charge in [-0.3, -0.25) is 10.2 Å². The fourth-order valence-corrected chi connectivity index (χ4v) is 1.39. The lowest BCUT2D eigenvalue weighted by Gasteiger charge is -2.12. The van der Waals surface area contributed by atoms with E-state index in [1.807, 2.05) is 6.92 Å². The molecule has 0 aliphatic carbocycles. The van der Waals surface area contributed by atoms with Crippen LogP contribution < -0.4 is 5.43 Å². The molecule has 0 atom stereocenters. The number of amides is 1. The van der Waals surface area contributed by atoms with Gasteiger partial charge >= 0.3 is 5.97 Å². The minimum absolute atomic E-state index is 0.232. The van der Waals surface area contributed by atoms with E-state index in [1.54, 1.807) is 37.3 Å². The molecule has 0 bridgehead atoms. The fraction of sp³-hybridized carbons (Fsp3) is 0.231. The van der Waals surface area contributed by atoms with Crippen molar-refractivity contribution < 1.29 is 14.7 Å². The van der Waals surface area contributed by atoms with Gasteiger partial charge in [-0.25, -0.2) is 9.80 Å². The molecular formula is C13H16N2O3. The Morgan fingerprint density at radius 3 is 2.56 bits per heavy atom. The maximum atomic E-state index is 11.8. The second-order valence-corrected chi connectivity index (χ2v) is 4.08. The Labute approximate surface area is 106 Å². The molecule has 0 aliphatic heterocycles. The average Bonchev–Trinajstić information content (AvgIpc) is 2.26. The first-order chi connectivity index (χ1) is 8.40. The number of aliphatic carboxylic acids is 1. The third-order valence-corrected chi connectivity index (χ3v) is 2.27. The number of hydrogen-bond donors (Lipinski definition) is 2. The summed E-state index contributed by atoms with van der Waals surface area (Å²) in [5.74, 6) is -1.25. The van der Waals surface area contributed by atoms with Gasteiger partial charge in [-0.2, -0.15) is 0 Å². The van der Waals surface area contributed by atoms with Gasteiger partial charge in [0.1, 0.15) is 0 Å². The highest BCUT2D eigenvalue weighted by atomic mass is 16.4. The van der Waals surface area contributed by atoms with E-state index in [0.717, 1.165) is 11.6 Å². The highest BCUT2D eigenvalue weighted by Crippen LogP contribution is 2.13. The van der Waals surface area contributed by atoms with Crippen LogP contribution in [0.4, 0.5) is 0 Å². The number of carboxylic acids is 1. The van der Waals surface area contributed by atoms with Gasteiger partial charge in [0.25, 0.3) is 5.91 Å². The molecule has 0 aromatic heterocycles. The zero-order valence-electron chi connectivity index (χ0n) is 10.6. The number of rotatable bonds is 4. The van der Waals surface area contributed by atoms with Crippen LogP contribution in [0.1, 0.15) is 21.5 Å². The first kappa shape index (κ1) is 13.9. The molecule has 5 heteroatoms. The van der Waals surface area contributed by atoms with E-state index in [2.05, 4.69) is 5.43 Å². The van der Waals surface area contributed by atoms with E-state index >= 15 is 0 Å². The molecule has 0 unspecified atom stereocenters. The van der Waals surface area contributed by atoms with Gasteiger partial charge in [0.05, 0.1) is 0 Å². The molecule has 0 heterocycles. The molecule has 96 valence electrons. The van der Waals surface area contributed by atoms with Gasteiger partial charge in [-0.1, -0.05) is 6.07 Å². The monoisotopic (exact) mass is 248 g/mol. The summed E-state index contributed by atoms with van der Waals surface area (Å²) < 4.78 is 0. The van der Waals surface area contributed by atoms with Crippen molar-refractivity contribution in [3.63, 3.8) is 0 Å². The summed E-state index contributed by atoms with van der Waals surface area (Å²) >= 11 is 0. The summed E-state index contributed by atoms with van der Waals surface area (Å²) in [4.78, 5) is 22.2. The Kier molecular flexibility index (Phi) is 4.62. The van der Waals surface area contributed by atoms with Crippen LogP contribution in [0.25, 0.3) is 6.08 Å². The number of carbonyl (C=O) groups excluding carboxylic acids is 1. The molecule has 1 aromatic rings. The number of carbonyl (C=O) groups is 2. The molecule has 1 amide bonds. The Morgan fingerprint density at radius 1 is 1.33 bits per heavy atom. The van der Waals surface area contributed by atoms with Crippen LogP contribution in [0.3, 0.4) is 0 Å². The summed E-state index contributed by atoms with van der Waals surface area (Å²) in [6.07, 6.45) is 2.53. The second kappa shape index (κ2) is 5.97. The molecule has 0 aliphatic rings. The quantitative estimate of drug-likeness (QED) is 0.622. The molecule has 1 rings (SSSR count). The largest absolute Gasteiger partial charge is 0.478 e. The first-order valence-corrected chi connectivity index (χ1v) is 5.40. The Hall–Kier alpha value is -2.14. The van der Waals surface area contributed by atoms with Crippen molar-refractivity contribution in [3.8, 4) is 0 Å². The summed E-state index contributed by atoms with van der Waals surface area (Å²) in [7, 11) is 3.44. The van der Waals surface area contributed by atoms with E-state index in [1.165, 1.54) is 6.08 Å². The molecule has 0 fully saturated rings. The van der Waals surface area contributed by atoms with Crippen molar-refractivity contribution in [2.75, 3.05) is 14.1 Å². The summed E-state index contributed by atoms with van der Waals surface area (Å²) in [6, 6.07) is 5.14. The number of benzene rings is 1. The van der Waals surface area contributed by atoms with Crippen LogP contribution in [-0.4, -0.2) is 36.1 Å². The maximum absolute atomic E-state index is 11.8. The lowest BCUT2D eigenvalue weighted by atomic mass is 10.0. The van der Waals surface area contributed by atoms with Gasteiger partial charge in [-0.15, -0.1) is 0 Å². The zero-order chi connectivity index (χ0) is 13.7. The summed E-state index contributed by atoms with van der Waals surface area (Å²) in [5.41, 5.74) is 4.73. The minimum Gasteiger partial charge on any atom is -0.478 e. The molecule has 5 nitrogen and oxygen atoms in total. The number of hydrogen-bond acceptors (Lipinski definition) is 3. The van der Waals surface area contributed by atoms with Crippen molar-refractivity contribution >= 4 is 18.0 Å². The zero-order valence-corrected chi connectivity index (χ0v) is 10.6. The molecule has 0 radical (unpaired) electrons. The van der Waals surface area contributed by atoms with Gasteiger partial charge in [0.2, 0.25) is 0 Å². The van der Waals surface area contributed by atoms with Crippen molar-refractivity contribution in [3.05, 3.63) is 41.0 Å². The molecule has 2 N–H and O–H groups in total. The lowest BCUT2D eigenvalue weighted by Crippen LogP contribution is -2.36. The maximum Gasteiger partial charge on any atom is 0.328 e. The first-order valence-electron chi connectivity index (χ1n) is 5.40. The van der Waals surface area contributed by atoms with Crippen LogP contribution in [0.15, 0.2) is 24.3 Å². The SMILES string of the molecule is Cc1ccc(C(=O)NN(C)C)cc1/C=C/C(=O)O. The normalized spacial score (nSPS) is 10.9. The number of carboxylic acid groups (broad SMARTS) is 1. The molecular weight excluding hydrogens is 232 g/mol. The third kappa shape index (κ3) is 4.03. The molecule has 0 saturated heterocycles. The smallest absolute Gasteiger partial charge is 0.328 e. The van der Waals surface area contributed by atoms with Crippen LogP contribution >= 0.6 is 0 Å². The molecule has 1 aromatic carbocycles. The summed E-state index contributed by atoms with van der Waals surface area (Å²) in [5, 5.41) is 10.1. The molecule has 0 spiro atoms. The predicted octanol–water partition coefficient (Wildman–Crippen LogP) is 1.30. The van der Waals surface area contributed by atoms with E-state index in [0.29, 0.717) is 11.1 Å². The van der Waals surface area contributed by atoms with Crippen molar-refractivity contribution in [2.24, 2.45) is 0 Å². The topological polar surface area (TPSA) is 69.6 Å². The lowest BCUT2D eigenvalue weighted by molar-refractivity contribution is -0.131. The van der Waals surface area contributed by atoms with Crippen LogP contribution in [0.2, 0.25) is 0 Å². The highest BCUT2D eigenvalue weighted by molar-refractivity contribution is 5.95. The third-order valence-electron chi connectivity index (χ3n) is 2.27. The van der Waals surface area contributed by atoms with E-state index < -0.39 is 5.97 Å². The van der Waals surface area contributed by atoms with Crippen LogP contribution in [-0.2, 0) is 4.79 Å². The Bertz CT molecular complexity index is 493. The highest BCUT2D eigenvalue weighted by Gasteiger charge is 2.07. The average molecular weight is 248 g/mol. The van der Waals surface area contributed by atoms with E-state index in [9.17, 15) is 9.59 Å². The Balaban J connectivity index is 3.00. The Morgan fingerprint density at radius 2 is 2.00 bits per heavy atom. The van der Waals surface area contributed by atoms with Gasteiger partial charge in [0, 0.05) is 25.7 Å². The van der Waals surface area contributed by atoms with Crippen molar-refractivity contribution in [2.45, 2.75) is 6.92 Å². The standard InChI is InChI=1S/C13H16N2O3/c1-9-4-5-11(13(18)14-15(2)3)8-10(9)6-7-12(16)17/h4-8H,1-3H3,(H,14,18)(H,16,17)/b7-6+. The fourth-order valence-electron chi connectivity index (χ4n) is 1.39. The number of aryl methyl sites for hydroxylation is 1. The van der Waals surface area contributed by atoms with Crippen LogP contribution in [0.5, 0.6) is 0 Å². The van der Waals surface area contributed by atoms with Crippen molar-refractivity contribution in [1.82, 2.24) is 10.4 Å². The summed E-state index contributed by atoms with van der Waals surface area (Å²) in [6.45, 7) is 1.86.